The van der Waals surface area contributed by atoms with Gasteiger partial charge >= 0.3 is 0 Å². The van der Waals surface area contributed by atoms with Crippen LogP contribution in [0.25, 0.3) is 0 Å². The van der Waals surface area contributed by atoms with Crippen molar-refractivity contribution in [1.82, 2.24) is 0 Å². The minimum Gasteiger partial charge on any atom is -0.872 e. The summed E-state index contributed by atoms with van der Waals surface area (Å²) in [7, 11) is 0. The van der Waals surface area contributed by atoms with E-state index in [0.717, 1.165) is 11.1 Å². The number of hydrogen-bond donors (Lipinski definition) is 0. The lowest BCUT2D eigenvalue weighted by molar-refractivity contribution is -0.271. The first-order valence-corrected chi connectivity index (χ1v) is 7.11. The van der Waals surface area contributed by atoms with Crippen LogP contribution in [0.15, 0.2) is 12.1 Å². The second kappa shape index (κ2) is 4.54. The first-order chi connectivity index (χ1) is 8.24. The molecule has 0 radical (unpaired) electrons. The molecule has 0 saturated heterocycles. The van der Waals surface area contributed by atoms with Gasteiger partial charge in [0.2, 0.25) is 0 Å². The highest BCUT2D eigenvalue weighted by Gasteiger charge is 2.25. The lowest BCUT2D eigenvalue weighted by atomic mass is 9.75. The Morgan fingerprint density at radius 2 is 0.947 bits per heavy atom. The Kier molecular flexibility index (Phi) is 3.84. The topological polar surface area (TPSA) is 23.1 Å². The fourth-order valence-corrected chi connectivity index (χ4v) is 2.18. The molecule has 0 fully saturated rings. The number of hydrogen-bond acceptors (Lipinski definition) is 1. The summed E-state index contributed by atoms with van der Waals surface area (Å²) in [6.45, 7) is 19.3. The first-order valence-electron chi connectivity index (χ1n) is 7.11. The van der Waals surface area contributed by atoms with E-state index in [-0.39, 0.29) is 22.0 Å². The van der Waals surface area contributed by atoms with Gasteiger partial charge in [0, 0.05) is 0 Å². The zero-order valence-corrected chi connectivity index (χ0v) is 14.1. The molecular formula is C18H29O-. The predicted molar refractivity (Wildman–Crippen MR) is 82.0 cm³/mol. The zero-order valence-electron chi connectivity index (χ0n) is 14.1. The molecule has 0 bridgehead atoms. The zero-order chi connectivity index (χ0) is 15.2. The summed E-state index contributed by atoms with van der Waals surface area (Å²) in [5.41, 5.74) is 2.96. The lowest BCUT2D eigenvalue weighted by Gasteiger charge is -2.36. The van der Waals surface area contributed by atoms with Gasteiger partial charge in [0.15, 0.2) is 0 Å². The Balaban J connectivity index is 3.68. The molecule has 0 aliphatic rings. The summed E-state index contributed by atoms with van der Waals surface area (Å²) in [6, 6.07) is 4.22. The van der Waals surface area contributed by atoms with Crippen LogP contribution in [0.1, 0.15) is 79.0 Å². The van der Waals surface area contributed by atoms with Crippen molar-refractivity contribution in [1.29, 1.82) is 0 Å². The van der Waals surface area contributed by atoms with Gasteiger partial charge in [-0.15, -0.1) is 5.75 Å². The third kappa shape index (κ3) is 3.52. The Bertz CT molecular complexity index is 427. The Labute approximate surface area is 119 Å². The second-order valence-electron chi connectivity index (χ2n) is 8.65. The molecule has 1 nitrogen and oxygen atoms in total. The number of benzene rings is 1. The molecule has 1 rings (SSSR count). The molecule has 0 amide bonds. The fraction of sp³-hybridized carbons (Fsp3) is 0.667. The number of rotatable bonds is 0. The van der Waals surface area contributed by atoms with Crippen LogP contribution in [-0.4, -0.2) is 0 Å². The monoisotopic (exact) mass is 261 g/mol. The summed E-state index contributed by atoms with van der Waals surface area (Å²) >= 11 is 0. The molecule has 1 aromatic rings. The van der Waals surface area contributed by atoms with Gasteiger partial charge in [-0.2, -0.15) is 0 Å². The Hall–Kier alpha value is -0.980. The van der Waals surface area contributed by atoms with E-state index >= 15 is 0 Å². The van der Waals surface area contributed by atoms with Crippen molar-refractivity contribution >= 4 is 0 Å². The van der Waals surface area contributed by atoms with Gasteiger partial charge in [0.05, 0.1) is 0 Å². The third-order valence-electron chi connectivity index (χ3n) is 3.57. The van der Waals surface area contributed by atoms with E-state index in [1.54, 1.807) is 0 Å². The SMILES string of the molecule is CC(C)(C)c1cc(C(C)(C)C)c([O-])c(C(C)(C)C)c1. The first kappa shape index (κ1) is 16.1. The van der Waals surface area contributed by atoms with Gasteiger partial charge in [-0.3, -0.25) is 0 Å². The Morgan fingerprint density at radius 3 is 1.16 bits per heavy atom. The molecule has 0 unspecified atom stereocenters. The standard InChI is InChI=1S/C18H30O/c1-16(2,3)12-10-13(17(4,5)6)15(19)14(11-12)18(7,8)9/h10-11,19H,1-9H3/p-1. The molecule has 0 heterocycles. The van der Waals surface area contributed by atoms with Crippen LogP contribution in [0, 0.1) is 0 Å². The predicted octanol–water partition coefficient (Wildman–Crippen LogP) is 4.65. The highest BCUT2D eigenvalue weighted by atomic mass is 16.3. The molecule has 0 saturated carbocycles. The quantitative estimate of drug-likeness (QED) is 0.666. The molecule has 0 aliphatic carbocycles. The van der Waals surface area contributed by atoms with Gasteiger partial charge in [-0.05, 0) is 32.9 Å². The normalized spacial score (nSPS) is 13.7. The maximum Gasteiger partial charge on any atom is -0.0132 e. The molecule has 0 atom stereocenters. The maximum absolute atomic E-state index is 12.7. The van der Waals surface area contributed by atoms with E-state index in [9.17, 15) is 5.11 Å². The van der Waals surface area contributed by atoms with Crippen LogP contribution in [0.4, 0.5) is 0 Å². The molecule has 0 aromatic heterocycles. The van der Waals surface area contributed by atoms with Crippen LogP contribution in [-0.2, 0) is 16.2 Å². The molecule has 19 heavy (non-hydrogen) atoms. The van der Waals surface area contributed by atoms with Gasteiger partial charge in [-0.25, -0.2) is 0 Å². The maximum atomic E-state index is 12.7. The van der Waals surface area contributed by atoms with Crippen LogP contribution >= 0.6 is 0 Å². The summed E-state index contributed by atoms with van der Waals surface area (Å²) in [6.07, 6.45) is 0. The minimum atomic E-state index is -0.113. The van der Waals surface area contributed by atoms with Crippen molar-refractivity contribution in [2.75, 3.05) is 0 Å². The highest BCUT2D eigenvalue weighted by Crippen LogP contribution is 2.40. The molecule has 0 spiro atoms. The van der Waals surface area contributed by atoms with E-state index in [2.05, 4.69) is 74.4 Å². The van der Waals surface area contributed by atoms with E-state index in [0.29, 0.717) is 0 Å². The molecular weight excluding hydrogens is 232 g/mol. The highest BCUT2D eigenvalue weighted by molar-refractivity contribution is 5.50. The molecule has 108 valence electrons. The van der Waals surface area contributed by atoms with Crippen molar-refractivity contribution in [3.63, 3.8) is 0 Å². The lowest BCUT2D eigenvalue weighted by Crippen LogP contribution is -2.23. The third-order valence-corrected chi connectivity index (χ3v) is 3.57. The summed E-state index contributed by atoms with van der Waals surface area (Å²) < 4.78 is 0. The summed E-state index contributed by atoms with van der Waals surface area (Å²) in [5, 5.41) is 12.7. The van der Waals surface area contributed by atoms with E-state index in [1.165, 1.54) is 5.56 Å². The van der Waals surface area contributed by atoms with E-state index in [4.69, 9.17) is 0 Å². The minimum absolute atomic E-state index is 0.0632. The largest absolute Gasteiger partial charge is 0.872 e. The van der Waals surface area contributed by atoms with Crippen LogP contribution in [0.3, 0.4) is 0 Å². The van der Waals surface area contributed by atoms with Gasteiger partial charge in [-0.1, -0.05) is 74.4 Å². The average Bonchev–Trinajstić information content (AvgIpc) is 2.11. The molecule has 1 aromatic carbocycles. The van der Waals surface area contributed by atoms with Crippen molar-refractivity contribution in [3.05, 3.63) is 28.8 Å². The van der Waals surface area contributed by atoms with Gasteiger partial charge in [0.25, 0.3) is 0 Å². The summed E-state index contributed by atoms with van der Waals surface area (Å²) in [5.74, 6) is 0.216. The molecule has 0 N–H and O–H groups in total. The van der Waals surface area contributed by atoms with Crippen molar-refractivity contribution in [3.8, 4) is 5.75 Å². The van der Waals surface area contributed by atoms with Gasteiger partial charge < -0.3 is 5.11 Å². The molecule has 1 heteroatoms. The van der Waals surface area contributed by atoms with Gasteiger partial charge in [0.1, 0.15) is 0 Å². The van der Waals surface area contributed by atoms with Crippen LogP contribution < -0.4 is 5.11 Å². The van der Waals surface area contributed by atoms with E-state index < -0.39 is 0 Å². The smallest absolute Gasteiger partial charge is 0.0132 e. The molecule has 0 aliphatic heterocycles. The van der Waals surface area contributed by atoms with Crippen molar-refractivity contribution in [2.24, 2.45) is 0 Å². The van der Waals surface area contributed by atoms with Crippen molar-refractivity contribution in [2.45, 2.75) is 78.6 Å². The average molecular weight is 261 g/mol. The van der Waals surface area contributed by atoms with E-state index in [1.807, 2.05) is 0 Å². The second-order valence-corrected chi connectivity index (χ2v) is 8.65. The van der Waals surface area contributed by atoms with Crippen molar-refractivity contribution < 1.29 is 5.11 Å². The Morgan fingerprint density at radius 1 is 0.632 bits per heavy atom. The fourth-order valence-electron chi connectivity index (χ4n) is 2.18. The van der Waals surface area contributed by atoms with Crippen LogP contribution in [0.5, 0.6) is 5.75 Å². The van der Waals surface area contributed by atoms with Crippen LogP contribution in [0.2, 0.25) is 0 Å². The summed E-state index contributed by atoms with van der Waals surface area (Å²) in [4.78, 5) is 0.